The Kier molecular flexibility index (Phi) is 4.05. The maximum absolute atomic E-state index is 13.2. The lowest BCUT2D eigenvalue weighted by Gasteiger charge is -2.18. The third-order valence-corrected chi connectivity index (χ3v) is 3.97. The maximum atomic E-state index is 13.2. The van der Waals surface area contributed by atoms with E-state index in [0.29, 0.717) is 17.0 Å². The average molecular weight is 256 g/mol. The predicted octanol–water partition coefficient (Wildman–Crippen LogP) is 3.66. The fourth-order valence-electron chi connectivity index (χ4n) is 2.49. The third-order valence-electron chi connectivity index (χ3n) is 3.60. The van der Waals surface area contributed by atoms with Gasteiger partial charge < -0.3 is 5.32 Å². The molecule has 0 saturated heterocycles. The lowest BCUT2D eigenvalue weighted by Crippen LogP contribution is -2.33. The van der Waals surface area contributed by atoms with Crippen LogP contribution in [0, 0.1) is 17.7 Å². The molecule has 0 bridgehead atoms. The van der Waals surface area contributed by atoms with Gasteiger partial charge in [0.25, 0.3) is 0 Å². The van der Waals surface area contributed by atoms with Crippen LogP contribution in [0.15, 0.2) is 18.2 Å². The largest absolute Gasteiger partial charge is 0.314 e. The molecule has 0 radical (unpaired) electrons. The minimum absolute atomic E-state index is 0.205. The molecule has 0 aromatic heterocycles. The highest BCUT2D eigenvalue weighted by Crippen LogP contribution is 2.41. The van der Waals surface area contributed by atoms with E-state index >= 15 is 0 Å². The summed E-state index contributed by atoms with van der Waals surface area (Å²) in [6, 6.07) is 5.04. The molecule has 1 aromatic rings. The molecule has 1 aliphatic rings. The summed E-state index contributed by atoms with van der Waals surface area (Å²) >= 11 is 6.11. The van der Waals surface area contributed by atoms with Crippen LogP contribution in [0.2, 0.25) is 5.02 Å². The average Bonchev–Trinajstić information content (AvgIpc) is 3.00. The summed E-state index contributed by atoms with van der Waals surface area (Å²) in [5, 5.41) is 4.16. The van der Waals surface area contributed by atoms with E-state index in [2.05, 4.69) is 19.2 Å². The lowest BCUT2D eigenvalue weighted by atomic mass is 10.0. The van der Waals surface area contributed by atoms with Crippen molar-refractivity contribution in [2.45, 2.75) is 32.7 Å². The number of halogens is 2. The van der Waals surface area contributed by atoms with E-state index in [1.165, 1.54) is 12.5 Å². The Morgan fingerprint density at radius 2 is 2.24 bits per heavy atom. The number of benzene rings is 1. The van der Waals surface area contributed by atoms with Crippen molar-refractivity contribution in [3.8, 4) is 0 Å². The molecular formula is C14H19ClFN. The van der Waals surface area contributed by atoms with Gasteiger partial charge in [0.2, 0.25) is 0 Å². The number of hydrogen-bond acceptors (Lipinski definition) is 1. The molecule has 0 amide bonds. The highest BCUT2D eigenvalue weighted by Gasteiger charge is 2.39. The molecule has 1 aliphatic carbocycles. The molecule has 1 fully saturated rings. The Hall–Kier alpha value is -0.600. The third kappa shape index (κ3) is 3.20. The van der Waals surface area contributed by atoms with Crippen LogP contribution in [-0.2, 0) is 6.42 Å². The zero-order valence-corrected chi connectivity index (χ0v) is 11.1. The Balaban J connectivity index is 2.08. The van der Waals surface area contributed by atoms with E-state index in [1.807, 2.05) is 0 Å². The van der Waals surface area contributed by atoms with Gasteiger partial charge in [-0.2, -0.15) is 0 Å². The van der Waals surface area contributed by atoms with Crippen molar-refractivity contribution >= 4 is 11.6 Å². The summed E-state index contributed by atoms with van der Waals surface area (Å²) in [6.07, 6.45) is 2.09. The molecular weight excluding hydrogens is 237 g/mol. The standard InChI is InChI=1S/C14H19ClFN/c1-3-17-14(12-6-9(12)2)8-10-7-11(16)4-5-13(10)15/h4-5,7,9,12,14,17H,3,6,8H2,1-2H3. The van der Waals surface area contributed by atoms with Crippen molar-refractivity contribution in [1.82, 2.24) is 5.32 Å². The van der Waals surface area contributed by atoms with Gasteiger partial charge in [0.15, 0.2) is 0 Å². The van der Waals surface area contributed by atoms with Crippen LogP contribution in [0.5, 0.6) is 0 Å². The van der Waals surface area contributed by atoms with Crippen LogP contribution >= 0.6 is 11.6 Å². The van der Waals surface area contributed by atoms with Crippen molar-refractivity contribution in [2.24, 2.45) is 11.8 Å². The Morgan fingerprint density at radius 1 is 1.53 bits per heavy atom. The van der Waals surface area contributed by atoms with Gasteiger partial charge in [0, 0.05) is 11.1 Å². The van der Waals surface area contributed by atoms with E-state index in [9.17, 15) is 4.39 Å². The fourth-order valence-corrected chi connectivity index (χ4v) is 2.68. The molecule has 1 nitrogen and oxygen atoms in total. The van der Waals surface area contributed by atoms with Crippen LogP contribution in [0.25, 0.3) is 0 Å². The second-order valence-electron chi connectivity index (χ2n) is 4.98. The number of nitrogens with one attached hydrogen (secondary N) is 1. The normalized spacial score (nSPS) is 24.7. The van der Waals surface area contributed by atoms with E-state index < -0.39 is 0 Å². The Bertz CT molecular complexity index is 394. The molecule has 1 N–H and O–H groups in total. The first-order chi connectivity index (χ1) is 8.11. The first-order valence-electron chi connectivity index (χ1n) is 6.29. The van der Waals surface area contributed by atoms with Gasteiger partial charge in [-0.1, -0.05) is 25.4 Å². The summed E-state index contributed by atoms with van der Waals surface area (Å²) in [5.41, 5.74) is 0.914. The number of hydrogen-bond donors (Lipinski definition) is 1. The number of likely N-dealkylation sites (N-methyl/N-ethyl adjacent to an activating group) is 1. The van der Waals surface area contributed by atoms with Crippen LogP contribution in [0.4, 0.5) is 4.39 Å². The SMILES string of the molecule is CCNC(Cc1cc(F)ccc1Cl)C1CC1C. The van der Waals surface area contributed by atoms with Crippen molar-refractivity contribution in [3.63, 3.8) is 0 Å². The van der Waals surface area contributed by atoms with Gasteiger partial charge in [0.1, 0.15) is 5.82 Å². The van der Waals surface area contributed by atoms with Gasteiger partial charge >= 0.3 is 0 Å². The number of rotatable bonds is 5. The molecule has 0 aliphatic heterocycles. The van der Waals surface area contributed by atoms with Gasteiger partial charge in [-0.15, -0.1) is 0 Å². The van der Waals surface area contributed by atoms with Crippen molar-refractivity contribution in [2.75, 3.05) is 6.54 Å². The van der Waals surface area contributed by atoms with Crippen LogP contribution in [0.3, 0.4) is 0 Å². The second-order valence-corrected chi connectivity index (χ2v) is 5.39. The minimum atomic E-state index is -0.205. The van der Waals surface area contributed by atoms with Crippen molar-refractivity contribution in [1.29, 1.82) is 0 Å². The van der Waals surface area contributed by atoms with Crippen molar-refractivity contribution < 1.29 is 4.39 Å². The Labute approximate surface area is 107 Å². The second kappa shape index (κ2) is 5.36. The quantitative estimate of drug-likeness (QED) is 0.847. The van der Waals surface area contributed by atoms with Gasteiger partial charge in [-0.05, 0) is 55.0 Å². The molecule has 1 aromatic carbocycles. The Morgan fingerprint density at radius 3 is 2.82 bits per heavy atom. The first kappa shape index (κ1) is 12.8. The highest BCUT2D eigenvalue weighted by molar-refractivity contribution is 6.31. The molecule has 1 saturated carbocycles. The molecule has 0 heterocycles. The summed E-state index contributed by atoms with van der Waals surface area (Å²) in [4.78, 5) is 0. The molecule has 2 rings (SSSR count). The fraction of sp³-hybridized carbons (Fsp3) is 0.571. The van der Waals surface area contributed by atoms with Crippen LogP contribution in [0.1, 0.15) is 25.8 Å². The first-order valence-corrected chi connectivity index (χ1v) is 6.67. The zero-order valence-electron chi connectivity index (χ0n) is 10.3. The molecule has 0 spiro atoms. The van der Waals surface area contributed by atoms with Gasteiger partial charge in [-0.25, -0.2) is 4.39 Å². The molecule has 17 heavy (non-hydrogen) atoms. The molecule has 3 atom stereocenters. The molecule has 94 valence electrons. The van der Waals surface area contributed by atoms with E-state index in [0.717, 1.165) is 24.4 Å². The van der Waals surface area contributed by atoms with Gasteiger partial charge in [0.05, 0.1) is 0 Å². The molecule has 3 unspecified atom stereocenters. The van der Waals surface area contributed by atoms with E-state index in [4.69, 9.17) is 11.6 Å². The highest BCUT2D eigenvalue weighted by atomic mass is 35.5. The summed E-state index contributed by atoms with van der Waals surface area (Å²) in [6.45, 7) is 5.32. The monoisotopic (exact) mass is 255 g/mol. The summed E-state index contributed by atoms with van der Waals surface area (Å²) in [5.74, 6) is 1.30. The maximum Gasteiger partial charge on any atom is 0.123 e. The van der Waals surface area contributed by atoms with E-state index in [1.54, 1.807) is 12.1 Å². The predicted molar refractivity (Wildman–Crippen MR) is 69.8 cm³/mol. The minimum Gasteiger partial charge on any atom is -0.314 e. The lowest BCUT2D eigenvalue weighted by molar-refractivity contribution is 0.454. The van der Waals surface area contributed by atoms with Crippen LogP contribution in [-0.4, -0.2) is 12.6 Å². The smallest absolute Gasteiger partial charge is 0.123 e. The van der Waals surface area contributed by atoms with Crippen molar-refractivity contribution in [3.05, 3.63) is 34.6 Å². The summed E-state index contributed by atoms with van der Waals surface area (Å²) in [7, 11) is 0. The van der Waals surface area contributed by atoms with E-state index in [-0.39, 0.29) is 5.82 Å². The molecule has 3 heteroatoms. The van der Waals surface area contributed by atoms with Gasteiger partial charge in [-0.3, -0.25) is 0 Å². The van der Waals surface area contributed by atoms with Crippen LogP contribution < -0.4 is 5.32 Å². The summed E-state index contributed by atoms with van der Waals surface area (Å²) < 4.78 is 13.2. The topological polar surface area (TPSA) is 12.0 Å². The zero-order chi connectivity index (χ0) is 12.4.